The highest BCUT2D eigenvalue weighted by molar-refractivity contribution is 5.82. The maximum atomic E-state index is 12.4. The predicted molar refractivity (Wildman–Crippen MR) is 65.2 cm³/mol. The second-order valence-electron chi connectivity index (χ2n) is 5.29. The van der Waals surface area contributed by atoms with Crippen LogP contribution in [0, 0.1) is 17.2 Å². The van der Waals surface area contributed by atoms with Crippen molar-refractivity contribution in [2.24, 2.45) is 5.92 Å². The highest BCUT2D eigenvalue weighted by atomic mass is 16.2. The Labute approximate surface area is 103 Å². The van der Waals surface area contributed by atoms with E-state index < -0.39 is 0 Å². The van der Waals surface area contributed by atoms with E-state index in [1.165, 1.54) is 0 Å². The maximum Gasteiger partial charge on any atom is 0.239 e. The summed E-state index contributed by atoms with van der Waals surface area (Å²) in [4.78, 5) is 16.4. The van der Waals surface area contributed by atoms with Crippen LogP contribution < -0.4 is 0 Å². The van der Waals surface area contributed by atoms with Crippen molar-refractivity contribution < 1.29 is 4.79 Å². The molecule has 2 aliphatic rings. The Morgan fingerprint density at radius 3 is 2.65 bits per heavy atom. The summed E-state index contributed by atoms with van der Waals surface area (Å²) in [7, 11) is 0. The van der Waals surface area contributed by atoms with Crippen molar-refractivity contribution in [3.8, 4) is 6.07 Å². The summed E-state index contributed by atoms with van der Waals surface area (Å²) < 4.78 is 0. The Morgan fingerprint density at radius 2 is 2.00 bits per heavy atom. The van der Waals surface area contributed by atoms with Gasteiger partial charge in [0.2, 0.25) is 5.91 Å². The second kappa shape index (κ2) is 5.50. The summed E-state index contributed by atoms with van der Waals surface area (Å²) in [5, 5.41) is 8.75. The number of hydrogen-bond donors (Lipinski definition) is 0. The number of hydrogen-bond acceptors (Lipinski definition) is 3. The van der Waals surface area contributed by atoms with Gasteiger partial charge in [0.15, 0.2) is 0 Å². The lowest BCUT2D eigenvalue weighted by Crippen LogP contribution is -2.48. The van der Waals surface area contributed by atoms with Crippen LogP contribution in [0.5, 0.6) is 0 Å². The van der Waals surface area contributed by atoms with Crippen molar-refractivity contribution in [2.45, 2.75) is 38.6 Å². The molecule has 4 nitrogen and oxygen atoms in total. The lowest BCUT2D eigenvalue weighted by atomic mass is 9.98. The van der Waals surface area contributed by atoms with E-state index in [-0.39, 0.29) is 11.9 Å². The molecule has 17 heavy (non-hydrogen) atoms. The first-order chi connectivity index (χ1) is 8.22. The van der Waals surface area contributed by atoms with Crippen LogP contribution in [0.2, 0.25) is 0 Å². The van der Waals surface area contributed by atoms with Crippen molar-refractivity contribution in [1.82, 2.24) is 9.80 Å². The molecule has 1 atom stereocenters. The van der Waals surface area contributed by atoms with Crippen LogP contribution in [-0.4, -0.2) is 47.9 Å². The molecule has 0 aromatic rings. The Kier molecular flexibility index (Phi) is 4.01. The van der Waals surface area contributed by atoms with Gasteiger partial charge in [-0.15, -0.1) is 0 Å². The molecule has 0 aromatic heterocycles. The highest BCUT2D eigenvalue weighted by Gasteiger charge is 2.34. The molecule has 0 aliphatic carbocycles. The summed E-state index contributed by atoms with van der Waals surface area (Å²) in [6, 6.07) is 2.13. The van der Waals surface area contributed by atoms with Crippen molar-refractivity contribution >= 4 is 5.91 Å². The number of rotatable bonds is 2. The van der Waals surface area contributed by atoms with Crippen LogP contribution in [0.3, 0.4) is 0 Å². The Hall–Kier alpha value is -1.08. The molecule has 0 spiro atoms. The molecular weight excluding hydrogens is 214 g/mol. The molecule has 0 N–H and O–H groups in total. The summed E-state index contributed by atoms with van der Waals surface area (Å²) in [5.41, 5.74) is 0. The van der Waals surface area contributed by atoms with Crippen LogP contribution in [0.25, 0.3) is 0 Å². The maximum absolute atomic E-state index is 12.4. The first-order valence-electron chi connectivity index (χ1n) is 6.62. The molecule has 2 aliphatic heterocycles. The third-order valence-electron chi connectivity index (χ3n) is 4.02. The van der Waals surface area contributed by atoms with E-state index in [4.69, 9.17) is 5.26 Å². The molecule has 0 saturated carbocycles. The number of amides is 1. The van der Waals surface area contributed by atoms with Crippen LogP contribution in [0.15, 0.2) is 0 Å². The Morgan fingerprint density at radius 1 is 1.29 bits per heavy atom. The van der Waals surface area contributed by atoms with E-state index in [1.807, 2.05) is 9.80 Å². The average Bonchev–Trinajstić information content (AvgIpc) is 2.78. The lowest BCUT2D eigenvalue weighted by Gasteiger charge is -2.34. The van der Waals surface area contributed by atoms with Crippen molar-refractivity contribution in [2.75, 3.05) is 26.2 Å². The van der Waals surface area contributed by atoms with Gasteiger partial charge in [-0.05, 0) is 31.6 Å². The van der Waals surface area contributed by atoms with Crippen LogP contribution in [-0.2, 0) is 4.79 Å². The zero-order chi connectivity index (χ0) is 12.3. The minimum absolute atomic E-state index is 0.0249. The average molecular weight is 235 g/mol. The number of piperidine rings is 1. The topological polar surface area (TPSA) is 47.3 Å². The normalized spacial score (nSPS) is 27.1. The number of carbonyl (C=O) groups is 1. The van der Waals surface area contributed by atoms with Gasteiger partial charge < -0.3 is 4.90 Å². The molecule has 2 saturated heterocycles. The lowest BCUT2D eigenvalue weighted by molar-refractivity contribution is -0.137. The summed E-state index contributed by atoms with van der Waals surface area (Å²) >= 11 is 0. The predicted octanol–water partition coefficient (Wildman–Crippen LogP) is 1.23. The number of nitriles is 1. The fourth-order valence-corrected chi connectivity index (χ4v) is 2.83. The zero-order valence-corrected chi connectivity index (χ0v) is 10.6. The van der Waals surface area contributed by atoms with E-state index in [0.717, 1.165) is 51.2 Å². The molecule has 94 valence electrons. The van der Waals surface area contributed by atoms with E-state index >= 15 is 0 Å². The van der Waals surface area contributed by atoms with Gasteiger partial charge in [0, 0.05) is 19.6 Å². The van der Waals surface area contributed by atoms with Gasteiger partial charge in [-0.1, -0.05) is 6.92 Å². The van der Waals surface area contributed by atoms with Crippen molar-refractivity contribution in [3.63, 3.8) is 0 Å². The molecule has 0 radical (unpaired) electrons. The molecule has 2 rings (SSSR count). The van der Waals surface area contributed by atoms with Gasteiger partial charge in [0.1, 0.15) is 0 Å². The monoisotopic (exact) mass is 235 g/mol. The third-order valence-corrected chi connectivity index (χ3v) is 4.02. The van der Waals surface area contributed by atoms with Gasteiger partial charge in [-0.2, -0.15) is 5.26 Å². The minimum atomic E-state index is -0.0249. The van der Waals surface area contributed by atoms with Crippen LogP contribution >= 0.6 is 0 Å². The van der Waals surface area contributed by atoms with Crippen LogP contribution in [0.4, 0.5) is 0 Å². The fraction of sp³-hybridized carbons (Fsp3) is 0.846. The molecule has 2 heterocycles. The minimum Gasteiger partial charge on any atom is -0.341 e. The summed E-state index contributed by atoms with van der Waals surface area (Å²) in [6.07, 6.45) is 4.21. The number of nitrogens with zero attached hydrogens (tertiary/aromatic N) is 3. The van der Waals surface area contributed by atoms with Gasteiger partial charge in [0.05, 0.1) is 18.7 Å². The second-order valence-corrected chi connectivity index (χ2v) is 5.29. The van der Waals surface area contributed by atoms with E-state index in [9.17, 15) is 4.79 Å². The SMILES string of the molecule is CC1CCN(C(=O)[C@@H]2CCCN2CC#N)CC1. The quantitative estimate of drug-likeness (QED) is 0.676. The Balaban J connectivity index is 1.93. The van der Waals surface area contributed by atoms with Gasteiger partial charge in [-0.3, -0.25) is 9.69 Å². The van der Waals surface area contributed by atoms with Crippen molar-refractivity contribution in [1.29, 1.82) is 5.26 Å². The molecular formula is C13H21N3O. The highest BCUT2D eigenvalue weighted by Crippen LogP contribution is 2.22. The van der Waals surface area contributed by atoms with E-state index in [1.54, 1.807) is 0 Å². The molecule has 0 aromatic carbocycles. The molecule has 4 heteroatoms. The number of likely N-dealkylation sites (tertiary alicyclic amines) is 2. The smallest absolute Gasteiger partial charge is 0.239 e. The third kappa shape index (κ3) is 2.78. The largest absolute Gasteiger partial charge is 0.341 e. The molecule has 0 bridgehead atoms. The summed E-state index contributed by atoms with van der Waals surface area (Å²) in [5.74, 6) is 1.00. The molecule has 1 amide bonds. The number of carbonyl (C=O) groups excluding carboxylic acids is 1. The zero-order valence-electron chi connectivity index (χ0n) is 10.6. The van der Waals surface area contributed by atoms with Gasteiger partial charge in [-0.25, -0.2) is 0 Å². The van der Waals surface area contributed by atoms with Gasteiger partial charge >= 0.3 is 0 Å². The first kappa shape index (κ1) is 12.4. The molecule has 2 fully saturated rings. The molecule has 0 unspecified atom stereocenters. The fourth-order valence-electron chi connectivity index (χ4n) is 2.83. The van der Waals surface area contributed by atoms with E-state index in [0.29, 0.717) is 6.54 Å². The summed E-state index contributed by atoms with van der Waals surface area (Å²) in [6.45, 7) is 5.34. The Bertz CT molecular complexity index is 315. The first-order valence-corrected chi connectivity index (χ1v) is 6.62. The van der Waals surface area contributed by atoms with Crippen LogP contribution in [0.1, 0.15) is 32.6 Å². The van der Waals surface area contributed by atoms with Crippen molar-refractivity contribution in [3.05, 3.63) is 0 Å². The van der Waals surface area contributed by atoms with Gasteiger partial charge in [0.25, 0.3) is 0 Å². The standard InChI is InChI=1S/C13H21N3O/c1-11-4-8-16(9-5-11)13(17)12-3-2-7-15(12)10-6-14/h11-12H,2-5,7-10H2,1H3/t12-/m0/s1. The van der Waals surface area contributed by atoms with E-state index in [2.05, 4.69) is 13.0 Å².